The molecule has 0 radical (unpaired) electrons. The summed E-state index contributed by atoms with van der Waals surface area (Å²) in [7, 11) is -1.90. The third kappa shape index (κ3) is 10.1. The minimum Gasteiger partial charge on any atom is -0.478 e. The van der Waals surface area contributed by atoms with Crippen LogP contribution in [-0.4, -0.2) is 64.5 Å². The fourth-order valence-corrected chi connectivity index (χ4v) is 14.0. The molecule has 7 atom stereocenters. The van der Waals surface area contributed by atoms with E-state index in [1.165, 1.54) is 0 Å². The van der Waals surface area contributed by atoms with E-state index in [9.17, 15) is 24.6 Å². The Labute approximate surface area is 343 Å². The van der Waals surface area contributed by atoms with Crippen molar-refractivity contribution in [3.05, 3.63) is 121 Å². The van der Waals surface area contributed by atoms with Crippen LogP contribution in [0.25, 0.3) is 0 Å². The van der Waals surface area contributed by atoms with Gasteiger partial charge in [-0.15, -0.1) is 0 Å². The number of carboxylic acid groups (broad SMARTS) is 1. The molecule has 6 rings (SSSR count). The Morgan fingerprint density at radius 2 is 1.09 bits per heavy atom. The Morgan fingerprint density at radius 1 is 0.660 bits per heavy atom. The van der Waals surface area contributed by atoms with Crippen molar-refractivity contribution < 1.29 is 76.1 Å². The van der Waals surface area contributed by atoms with Crippen LogP contribution in [-0.2, 0) is 28.6 Å². The molecule has 8 nitrogen and oxygen atoms in total. The molecule has 0 aliphatic heterocycles. The van der Waals surface area contributed by atoms with Crippen molar-refractivity contribution >= 4 is 55.0 Å². The molecule has 11 heteroatoms. The summed E-state index contributed by atoms with van der Waals surface area (Å²) in [6.07, 6.45) is -0.971. The van der Waals surface area contributed by atoms with E-state index in [-0.39, 0.29) is 55.2 Å². The summed E-state index contributed by atoms with van der Waals surface area (Å²) in [5, 5.41) is 26.8. The van der Waals surface area contributed by atoms with E-state index in [2.05, 4.69) is 48.5 Å². The molecule has 2 N–H and O–H groups in total. The molecule has 2 aliphatic carbocycles. The summed E-state index contributed by atoms with van der Waals surface area (Å²) in [5.41, 5.74) is -0.0956. The fraction of sp³-hybridized carbons (Fsp3) is 0.357. The van der Waals surface area contributed by atoms with Crippen molar-refractivity contribution in [1.29, 1.82) is 0 Å². The monoisotopic (exact) mass is 906 g/mol. The van der Waals surface area contributed by atoms with Gasteiger partial charge in [0.15, 0.2) is 6.29 Å². The van der Waals surface area contributed by atoms with Gasteiger partial charge in [-0.1, -0.05) is 134 Å². The van der Waals surface area contributed by atoms with Gasteiger partial charge in [-0.25, -0.2) is 9.59 Å². The van der Waals surface area contributed by atoms with Gasteiger partial charge in [0.1, 0.15) is 0 Å². The predicted octanol–water partition coefficient (Wildman–Crippen LogP) is 5.85. The predicted molar refractivity (Wildman–Crippen MR) is 205 cm³/mol. The quantitative estimate of drug-likeness (QED) is 0.0867. The summed E-state index contributed by atoms with van der Waals surface area (Å²) < 4.78 is 17.1. The molecule has 2 saturated carbocycles. The largest absolute Gasteiger partial charge is 0.478 e. The number of carbonyl (C=O) groups is 3. The third-order valence-electron chi connectivity index (χ3n) is 10.0. The maximum Gasteiger partial charge on any atom is 0.348 e. The van der Waals surface area contributed by atoms with Crippen LogP contribution < -0.4 is 21.2 Å². The maximum absolute atomic E-state index is 14.1. The van der Waals surface area contributed by atoms with Gasteiger partial charge >= 0.3 is 17.9 Å². The average Bonchev–Trinajstić information content (AvgIpc) is 3.86. The summed E-state index contributed by atoms with van der Waals surface area (Å²) in [6, 6.07) is 40.5. The van der Waals surface area contributed by atoms with Crippen molar-refractivity contribution in [2.75, 3.05) is 6.61 Å². The van der Waals surface area contributed by atoms with Crippen LogP contribution >= 0.6 is 15.8 Å². The van der Waals surface area contributed by atoms with Crippen LogP contribution in [0.15, 0.2) is 121 Å². The van der Waals surface area contributed by atoms with Gasteiger partial charge in [-0.2, -0.15) is 0 Å². The van der Waals surface area contributed by atoms with E-state index in [1.54, 1.807) is 6.92 Å². The van der Waals surface area contributed by atoms with E-state index in [4.69, 9.17) is 14.2 Å². The molecule has 2 aliphatic rings. The number of carboxylic acids is 1. The first-order valence-electron chi connectivity index (χ1n) is 18.1. The molecular formula is C42H46ErO8P2. The molecular weight excluding hydrogens is 862 g/mol. The van der Waals surface area contributed by atoms with E-state index in [0.29, 0.717) is 12.8 Å². The van der Waals surface area contributed by atoms with Gasteiger partial charge < -0.3 is 24.4 Å². The molecule has 2 fully saturated rings. The number of ether oxygens (including phenoxy) is 3. The van der Waals surface area contributed by atoms with Crippen LogP contribution in [0.4, 0.5) is 0 Å². The zero-order chi connectivity index (χ0) is 36.5. The van der Waals surface area contributed by atoms with E-state index >= 15 is 0 Å². The SMILES string of the molecule is CCOC(=O)C(OC(O)C1CCCC1P(c1ccccc1)c1ccccc1)C(OC(=O)C1CCCC1P(c1ccccc1)c1ccccc1)C(=O)O.[Er]. The average molecular weight is 908 g/mol. The number of rotatable bonds is 15. The first-order chi connectivity index (χ1) is 25.4. The van der Waals surface area contributed by atoms with E-state index < -0.39 is 64.1 Å². The second-order valence-corrected chi connectivity index (χ2v) is 18.1. The molecule has 0 bridgehead atoms. The number of aliphatic hydroxyl groups excluding tert-OH is 1. The van der Waals surface area contributed by atoms with Gasteiger partial charge in [0.2, 0.25) is 12.2 Å². The van der Waals surface area contributed by atoms with Crippen molar-refractivity contribution in [2.24, 2.45) is 11.8 Å². The Kier molecular flexibility index (Phi) is 15.9. The molecule has 0 spiro atoms. The summed E-state index contributed by atoms with van der Waals surface area (Å²) in [6.45, 7) is 1.56. The minimum absolute atomic E-state index is 0. The van der Waals surface area contributed by atoms with E-state index in [1.807, 2.05) is 72.8 Å². The maximum atomic E-state index is 14.1. The molecule has 0 aromatic heterocycles. The molecule has 0 saturated heterocycles. The normalized spacial score (nSPS) is 21.4. The topological polar surface area (TPSA) is 119 Å². The fourth-order valence-electron chi connectivity index (χ4n) is 7.75. The van der Waals surface area contributed by atoms with Crippen LogP contribution in [0.5, 0.6) is 0 Å². The van der Waals surface area contributed by atoms with Crippen LogP contribution in [0.2, 0.25) is 0 Å². The van der Waals surface area contributed by atoms with Crippen molar-refractivity contribution in [3.63, 3.8) is 0 Å². The summed E-state index contributed by atoms with van der Waals surface area (Å²) >= 11 is 0. The summed E-state index contributed by atoms with van der Waals surface area (Å²) in [4.78, 5) is 40.4. The number of benzene rings is 4. The van der Waals surface area contributed by atoms with Crippen LogP contribution in [0.3, 0.4) is 0 Å². The number of aliphatic hydroxyl groups is 1. The zero-order valence-electron chi connectivity index (χ0n) is 29.6. The Bertz CT molecular complexity index is 1670. The molecule has 7 unspecified atom stereocenters. The molecule has 4 aromatic rings. The van der Waals surface area contributed by atoms with Gasteiger partial charge in [-0.3, -0.25) is 4.79 Å². The van der Waals surface area contributed by atoms with Crippen molar-refractivity contribution in [1.82, 2.24) is 0 Å². The van der Waals surface area contributed by atoms with Crippen LogP contribution in [0, 0.1) is 49.1 Å². The van der Waals surface area contributed by atoms with E-state index in [0.717, 1.165) is 46.9 Å². The van der Waals surface area contributed by atoms with Gasteiger partial charge in [-0.05, 0) is 75.3 Å². The van der Waals surface area contributed by atoms with Gasteiger partial charge in [0.05, 0.1) is 12.5 Å². The molecule has 4 aromatic carbocycles. The number of aliphatic carboxylic acids is 1. The van der Waals surface area contributed by atoms with Gasteiger partial charge in [0, 0.05) is 48.9 Å². The number of esters is 2. The number of hydrogen-bond acceptors (Lipinski definition) is 7. The number of hydrogen-bond donors (Lipinski definition) is 2. The molecule has 0 amide bonds. The third-order valence-corrected chi connectivity index (χ3v) is 16.1. The second kappa shape index (κ2) is 20.3. The molecule has 0 heterocycles. The van der Waals surface area contributed by atoms with Crippen molar-refractivity contribution in [3.8, 4) is 0 Å². The standard InChI is InChI=1S/C42H46O8P2.Er/c1-2-48-42(47)38(50-41(46)34-26-16-28-36(34)52(31-21-11-5-12-22-31)32-23-13-6-14-24-32)37(39(43)44)49-40(45)33-25-15-27-35(33)51(29-17-7-3-8-18-29)30-19-9-4-10-20-30;/h3-14,17-24,33-38,41,46H,2,15-16,25-28H2,1H3,(H,43,44);. The second-order valence-electron chi connectivity index (χ2n) is 13.2. The Balaban J connectivity index is 0.00000541. The summed E-state index contributed by atoms with van der Waals surface area (Å²) in [5.74, 6) is -4.20. The molecule has 284 valence electrons. The molecule has 53 heavy (non-hydrogen) atoms. The first-order valence-corrected chi connectivity index (χ1v) is 20.9. The zero-order valence-corrected chi connectivity index (χ0v) is 33.2. The van der Waals surface area contributed by atoms with Crippen molar-refractivity contribution in [2.45, 2.75) is 75.3 Å². The minimum atomic E-state index is -2.01. The Hall–Kier alpha value is -2.68. The first kappa shape index (κ1) is 41.5. The van der Waals surface area contributed by atoms with Crippen LogP contribution in [0.1, 0.15) is 45.4 Å². The van der Waals surface area contributed by atoms with Gasteiger partial charge in [0.25, 0.3) is 0 Å². The smallest absolute Gasteiger partial charge is 0.348 e. The Morgan fingerprint density at radius 3 is 1.55 bits per heavy atom. The number of carbonyl (C=O) groups excluding carboxylic acids is 2.